The van der Waals surface area contributed by atoms with Gasteiger partial charge in [0.25, 0.3) is 0 Å². The van der Waals surface area contributed by atoms with Crippen LogP contribution in [-0.2, 0) is 0 Å². The Morgan fingerprint density at radius 1 is 1.15 bits per heavy atom. The number of aromatic nitrogens is 2. The number of hydrogen-bond donors (Lipinski definition) is 4. The smallest absolute Gasteiger partial charge is 0.225 e. The third-order valence-electron chi connectivity index (χ3n) is 2.92. The molecular formula is C14H20N4O2. The highest BCUT2D eigenvalue weighted by Gasteiger charge is 2.11. The zero-order chi connectivity index (χ0) is 14.4. The Bertz CT molecular complexity index is 558. The number of anilines is 2. The van der Waals surface area contributed by atoms with Gasteiger partial charge >= 0.3 is 0 Å². The molecule has 0 unspecified atom stereocenters. The van der Waals surface area contributed by atoms with E-state index < -0.39 is 6.04 Å². The van der Waals surface area contributed by atoms with Crippen LogP contribution in [0.4, 0.5) is 11.8 Å². The minimum atomic E-state index is -0.438. The van der Waals surface area contributed by atoms with E-state index in [1.807, 2.05) is 24.3 Å². The molecule has 108 valence electrons. The first-order valence-electron chi connectivity index (χ1n) is 6.77. The lowest BCUT2D eigenvalue weighted by Crippen LogP contribution is -2.28. The van der Waals surface area contributed by atoms with Gasteiger partial charge in [-0.15, -0.1) is 0 Å². The molecule has 6 nitrogen and oxygen atoms in total. The van der Waals surface area contributed by atoms with Gasteiger partial charge < -0.3 is 20.8 Å². The predicted octanol–water partition coefficient (Wildman–Crippen LogP) is 1.22. The summed E-state index contributed by atoms with van der Waals surface area (Å²) in [4.78, 5) is 8.86. The first-order chi connectivity index (χ1) is 9.78. The lowest BCUT2D eigenvalue weighted by atomic mass is 10.2. The number of fused-ring (bicyclic) bond motifs is 1. The highest BCUT2D eigenvalue weighted by Crippen LogP contribution is 2.22. The second-order valence-corrected chi connectivity index (χ2v) is 4.55. The molecule has 0 spiro atoms. The molecule has 0 radical (unpaired) electrons. The van der Waals surface area contributed by atoms with Gasteiger partial charge in [-0.05, 0) is 18.6 Å². The van der Waals surface area contributed by atoms with Crippen LogP contribution in [0.1, 0.15) is 13.3 Å². The van der Waals surface area contributed by atoms with Crippen LogP contribution >= 0.6 is 0 Å². The van der Waals surface area contributed by atoms with Gasteiger partial charge in [-0.3, -0.25) is 0 Å². The van der Waals surface area contributed by atoms with Gasteiger partial charge in [-0.2, -0.15) is 4.98 Å². The average Bonchev–Trinajstić information content (AvgIpc) is 2.50. The van der Waals surface area contributed by atoms with E-state index in [2.05, 4.69) is 27.5 Å². The molecule has 1 aromatic heterocycles. The number of aliphatic hydroxyl groups excluding tert-OH is 2. The van der Waals surface area contributed by atoms with Crippen LogP contribution in [0.15, 0.2) is 24.3 Å². The fourth-order valence-corrected chi connectivity index (χ4v) is 1.84. The van der Waals surface area contributed by atoms with E-state index in [-0.39, 0.29) is 13.2 Å². The minimum Gasteiger partial charge on any atom is -0.394 e. The highest BCUT2D eigenvalue weighted by molar-refractivity contribution is 5.90. The van der Waals surface area contributed by atoms with Gasteiger partial charge in [-0.25, -0.2) is 4.98 Å². The molecule has 20 heavy (non-hydrogen) atoms. The molecule has 0 aliphatic rings. The van der Waals surface area contributed by atoms with Crippen molar-refractivity contribution in [2.45, 2.75) is 19.4 Å². The number of benzene rings is 1. The predicted molar refractivity (Wildman–Crippen MR) is 79.9 cm³/mol. The lowest BCUT2D eigenvalue weighted by Gasteiger charge is -2.16. The topological polar surface area (TPSA) is 90.3 Å². The molecule has 2 aromatic rings. The molecule has 0 saturated carbocycles. The first-order valence-corrected chi connectivity index (χ1v) is 6.77. The maximum Gasteiger partial charge on any atom is 0.225 e. The molecule has 0 bridgehead atoms. The Labute approximate surface area is 117 Å². The molecule has 0 amide bonds. The molecule has 1 heterocycles. The van der Waals surface area contributed by atoms with E-state index in [9.17, 15) is 10.2 Å². The number of rotatable bonds is 7. The SMILES string of the molecule is CCCNc1nc(NC(CO)CO)c2ccccc2n1. The average molecular weight is 276 g/mol. The largest absolute Gasteiger partial charge is 0.394 e. The van der Waals surface area contributed by atoms with Crippen LogP contribution in [0, 0.1) is 0 Å². The molecule has 4 N–H and O–H groups in total. The number of nitrogens with zero attached hydrogens (tertiary/aromatic N) is 2. The normalized spacial score (nSPS) is 11.0. The van der Waals surface area contributed by atoms with Gasteiger partial charge in [0, 0.05) is 11.9 Å². The summed E-state index contributed by atoms with van der Waals surface area (Å²) in [6, 6.07) is 7.20. The Morgan fingerprint density at radius 3 is 2.60 bits per heavy atom. The van der Waals surface area contributed by atoms with E-state index >= 15 is 0 Å². The maximum absolute atomic E-state index is 9.19. The van der Waals surface area contributed by atoms with Crippen LogP contribution in [-0.4, -0.2) is 46.0 Å². The third-order valence-corrected chi connectivity index (χ3v) is 2.92. The van der Waals surface area contributed by atoms with Gasteiger partial charge in [0.05, 0.1) is 24.8 Å². The Kier molecular flexibility index (Phi) is 5.09. The minimum absolute atomic E-state index is 0.160. The number of nitrogens with one attached hydrogen (secondary N) is 2. The summed E-state index contributed by atoms with van der Waals surface area (Å²) in [7, 11) is 0. The zero-order valence-electron chi connectivity index (χ0n) is 11.5. The quantitative estimate of drug-likeness (QED) is 0.608. The van der Waals surface area contributed by atoms with Crippen molar-refractivity contribution in [1.29, 1.82) is 0 Å². The second kappa shape index (κ2) is 7.02. The zero-order valence-corrected chi connectivity index (χ0v) is 11.5. The van der Waals surface area contributed by atoms with Gasteiger partial charge in [-0.1, -0.05) is 19.1 Å². The molecule has 0 aliphatic carbocycles. The molecule has 0 fully saturated rings. The van der Waals surface area contributed by atoms with Crippen LogP contribution in [0.2, 0.25) is 0 Å². The highest BCUT2D eigenvalue weighted by atomic mass is 16.3. The van der Waals surface area contributed by atoms with E-state index in [0.29, 0.717) is 11.8 Å². The summed E-state index contributed by atoms with van der Waals surface area (Å²) in [5.41, 5.74) is 0.818. The van der Waals surface area contributed by atoms with Crippen molar-refractivity contribution in [3.8, 4) is 0 Å². The van der Waals surface area contributed by atoms with Crippen LogP contribution in [0.5, 0.6) is 0 Å². The summed E-state index contributed by atoms with van der Waals surface area (Å²) in [5.74, 6) is 1.16. The van der Waals surface area contributed by atoms with Gasteiger partial charge in [0.15, 0.2) is 0 Å². The van der Waals surface area contributed by atoms with Crippen LogP contribution in [0.3, 0.4) is 0 Å². The Morgan fingerprint density at radius 2 is 1.90 bits per heavy atom. The van der Waals surface area contributed by atoms with E-state index in [4.69, 9.17) is 0 Å². The summed E-state index contributed by atoms with van der Waals surface area (Å²) in [6.07, 6.45) is 0.981. The van der Waals surface area contributed by atoms with Crippen molar-refractivity contribution in [1.82, 2.24) is 9.97 Å². The molecule has 1 aromatic carbocycles. The third kappa shape index (κ3) is 3.34. The molecule has 6 heteroatoms. The number of para-hydroxylation sites is 1. The monoisotopic (exact) mass is 276 g/mol. The van der Waals surface area contributed by atoms with Crippen molar-refractivity contribution >= 4 is 22.7 Å². The first kappa shape index (κ1) is 14.5. The summed E-state index contributed by atoms with van der Waals surface area (Å²) >= 11 is 0. The lowest BCUT2D eigenvalue weighted by molar-refractivity contribution is 0.203. The summed E-state index contributed by atoms with van der Waals surface area (Å²) in [5, 5.41) is 25.4. The molecule has 2 rings (SSSR count). The molecule has 0 saturated heterocycles. The molecular weight excluding hydrogens is 256 g/mol. The standard InChI is InChI=1S/C14H20N4O2/c1-2-7-15-14-17-12-6-4-3-5-11(12)13(18-14)16-10(8-19)9-20/h3-6,10,19-20H,2,7-9H2,1H3,(H2,15,16,17,18). The molecule has 0 atom stereocenters. The van der Waals surface area contributed by atoms with Crippen molar-refractivity contribution in [3.63, 3.8) is 0 Å². The Balaban J connectivity index is 2.38. The van der Waals surface area contributed by atoms with Crippen molar-refractivity contribution in [3.05, 3.63) is 24.3 Å². The maximum atomic E-state index is 9.19. The van der Waals surface area contributed by atoms with E-state index in [1.165, 1.54) is 0 Å². The van der Waals surface area contributed by atoms with Gasteiger partial charge in [0.2, 0.25) is 5.95 Å². The van der Waals surface area contributed by atoms with Crippen molar-refractivity contribution < 1.29 is 10.2 Å². The van der Waals surface area contributed by atoms with Crippen molar-refractivity contribution in [2.24, 2.45) is 0 Å². The fourth-order valence-electron chi connectivity index (χ4n) is 1.84. The second-order valence-electron chi connectivity index (χ2n) is 4.55. The number of aliphatic hydroxyl groups is 2. The van der Waals surface area contributed by atoms with Crippen molar-refractivity contribution in [2.75, 3.05) is 30.4 Å². The summed E-state index contributed by atoms with van der Waals surface area (Å²) in [6.45, 7) is 2.54. The fraction of sp³-hybridized carbons (Fsp3) is 0.429. The van der Waals surface area contributed by atoms with Crippen LogP contribution in [0.25, 0.3) is 10.9 Å². The molecule has 0 aliphatic heterocycles. The summed E-state index contributed by atoms with van der Waals surface area (Å²) < 4.78 is 0. The van der Waals surface area contributed by atoms with E-state index in [1.54, 1.807) is 0 Å². The van der Waals surface area contributed by atoms with Crippen LogP contribution < -0.4 is 10.6 Å². The van der Waals surface area contributed by atoms with Gasteiger partial charge in [0.1, 0.15) is 5.82 Å². The Hall–Kier alpha value is -1.92. The van der Waals surface area contributed by atoms with E-state index in [0.717, 1.165) is 23.9 Å². The number of hydrogen-bond acceptors (Lipinski definition) is 6.